The summed E-state index contributed by atoms with van der Waals surface area (Å²) < 4.78 is 14.3. The molecule has 4 aliphatic heterocycles. The largest absolute Gasteiger partial charge is 0.324 e. The van der Waals surface area contributed by atoms with E-state index in [0.717, 1.165) is 11.3 Å². The Kier molecular flexibility index (Phi) is 3.81. The second-order valence-corrected chi connectivity index (χ2v) is 8.93. The number of nitrogens with zero attached hydrogens (tertiary/aromatic N) is 2. The second kappa shape index (κ2) is 6.32. The van der Waals surface area contributed by atoms with Crippen molar-refractivity contribution in [3.8, 4) is 0 Å². The topological polar surface area (TPSA) is 86.8 Å². The standard InChI is InChI=1S/C24H20FN3O4/c1-12(29)13-4-7-15(8-5-13)28-21(30)19-18-3-2-10-27(18)24(20(19)22(28)31)16-11-14(25)6-9-17(16)26-23(24)32/h4-9,11,18-20H,2-3,10H2,1H3,(H,26,32)/t18-,19+,20-,24+/m0/s1. The van der Waals surface area contributed by atoms with E-state index < -0.39 is 29.1 Å². The first-order valence-corrected chi connectivity index (χ1v) is 10.7. The van der Waals surface area contributed by atoms with Crippen molar-refractivity contribution in [2.75, 3.05) is 16.8 Å². The molecule has 0 bridgehead atoms. The van der Waals surface area contributed by atoms with E-state index in [1.165, 1.54) is 25.1 Å². The zero-order valence-electron chi connectivity index (χ0n) is 17.3. The van der Waals surface area contributed by atoms with Crippen molar-refractivity contribution < 1.29 is 23.6 Å². The molecule has 4 aliphatic rings. The number of Topliss-reactive ketones (excluding diaryl/α,β-unsaturated/α-hetero) is 1. The van der Waals surface area contributed by atoms with Crippen LogP contribution in [-0.4, -0.2) is 41.0 Å². The summed E-state index contributed by atoms with van der Waals surface area (Å²) in [5.74, 6) is -3.42. The number of anilines is 2. The molecule has 0 aromatic heterocycles. The number of imide groups is 1. The van der Waals surface area contributed by atoms with Gasteiger partial charge in [0, 0.05) is 22.9 Å². The molecule has 1 N–H and O–H groups in total. The molecule has 3 amide bonds. The average molecular weight is 433 g/mol. The van der Waals surface area contributed by atoms with Gasteiger partial charge < -0.3 is 5.32 Å². The number of rotatable bonds is 2. The van der Waals surface area contributed by atoms with Crippen molar-refractivity contribution >= 4 is 34.9 Å². The summed E-state index contributed by atoms with van der Waals surface area (Å²) in [7, 11) is 0. The molecular formula is C24H20FN3O4. The summed E-state index contributed by atoms with van der Waals surface area (Å²) in [6, 6.07) is 10.1. The van der Waals surface area contributed by atoms with E-state index in [2.05, 4.69) is 5.32 Å². The predicted octanol–water partition coefficient (Wildman–Crippen LogP) is 2.46. The Labute approximate surface area is 183 Å². The molecule has 3 fully saturated rings. The second-order valence-electron chi connectivity index (χ2n) is 8.93. The number of carbonyl (C=O) groups is 4. The molecule has 4 heterocycles. The van der Waals surface area contributed by atoms with Gasteiger partial charge in [-0.25, -0.2) is 9.29 Å². The highest BCUT2D eigenvalue weighted by molar-refractivity contribution is 6.26. The molecule has 3 saturated heterocycles. The number of ketones is 1. The van der Waals surface area contributed by atoms with Gasteiger partial charge >= 0.3 is 0 Å². The number of hydrogen-bond donors (Lipinski definition) is 1. The average Bonchev–Trinajstić information content (AvgIpc) is 3.47. The van der Waals surface area contributed by atoms with Crippen LogP contribution < -0.4 is 10.2 Å². The van der Waals surface area contributed by atoms with Crippen LogP contribution in [0.25, 0.3) is 0 Å². The Morgan fingerprint density at radius 2 is 1.84 bits per heavy atom. The fraction of sp³-hybridized carbons (Fsp3) is 0.333. The lowest BCUT2D eigenvalue weighted by atomic mass is 9.75. The van der Waals surface area contributed by atoms with Gasteiger partial charge in [0.05, 0.1) is 17.5 Å². The van der Waals surface area contributed by atoms with E-state index in [4.69, 9.17) is 0 Å². The van der Waals surface area contributed by atoms with Crippen LogP contribution in [0.4, 0.5) is 15.8 Å². The van der Waals surface area contributed by atoms with Gasteiger partial charge in [0.15, 0.2) is 5.78 Å². The Morgan fingerprint density at radius 1 is 1.09 bits per heavy atom. The lowest BCUT2D eigenvalue weighted by Gasteiger charge is -2.36. The van der Waals surface area contributed by atoms with Crippen LogP contribution in [0.3, 0.4) is 0 Å². The quantitative estimate of drug-likeness (QED) is 0.581. The number of amides is 3. The Balaban J connectivity index is 1.51. The third-order valence-corrected chi connectivity index (χ3v) is 7.49. The Morgan fingerprint density at radius 3 is 2.56 bits per heavy atom. The summed E-state index contributed by atoms with van der Waals surface area (Å²) in [5.41, 5.74) is 0.358. The maximum Gasteiger partial charge on any atom is 0.250 e. The zero-order chi connectivity index (χ0) is 22.4. The first-order valence-electron chi connectivity index (χ1n) is 10.7. The SMILES string of the molecule is CC(=O)c1ccc(N2C(=O)[C@H]3[C@@H](C2=O)[C@]2(C(=O)Nc4ccc(F)cc42)N2CCC[C@@H]32)cc1. The van der Waals surface area contributed by atoms with E-state index in [9.17, 15) is 23.6 Å². The summed E-state index contributed by atoms with van der Waals surface area (Å²) in [6.45, 7) is 2.01. The molecule has 162 valence electrons. The lowest BCUT2D eigenvalue weighted by molar-refractivity contribution is -0.135. The first kappa shape index (κ1) is 19.3. The summed E-state index contributed by atoms with van der Waals surface area (Å²) in [5, 5.41) is 2.83. The number of carbonyl (C=O) groups excluding carboxylic acids is 4. The van der Waals surface area contributed by atoms with Gasteiger partial charge in [-0.2, -0.15) is 0 Å². The van der Waals surface area contributed by atoms with Crippen LogP contribution in [0, 0.1) is 17.7 Å². The third kappa shape index (κ3) is 2.17. The van der Waals surface area contributed by atoms with E-state index in [1.54, 1.807) is 24.3 Å². The van der Waals surface area contributed by atoms with Crippen molar-refractivity contribution in [2.45, 2.75) is 31.3 Å². The molecule has 0 aliphatic carbocycles. The number of nitrogens with one attached hydrogen (secondary N) is 1. The third-order valence-electron chi connectivity index (χ3n) is 7.49. The molecule has 2 aromatic carbocycles. The molecule has 2 aromatic rings. The predicted molar refractivity (Wildman–Crippen MR) is 112 cm³/mol. The highest BCUT2D eigenvalue weighted by Crippen LogP contribution is 2.60. The van der Waals surface area contributed by atoms with Crippen molar-refractivity contribution in [3.05, 3.63) is 59.4 Å². The Bertz CT molecular complexity index is 1230. The summed E-state index contributed by atoms with van der Waals surface area (Å²) in [4.78, 5) is 55.6. The molecule has 0 radical (unpaired) electrons. The fourth-order valence-electron chi connectivity index (χ4n) is 6.27. The molecule has 1 spiro atoms. The first-order chi connectivity index (χ1) is 15.4. The van der Waals surface area contributed by atoms with Crippen LogP contribution in [0.1, 0.15) is 35.7 Å². The normalized spacial score (nSPS) is 30.6. The molecule has 7 nitrogen and oxygen atoms in total. The molecule has 8 heteroatoms. The van der Waals surface area contributed by atoms with Crippen LogP contribution in [-0.2, 0) is 19.9 Å². The van der Waals surface area contributed by atoms with E-state index in [1.807, 2.05) is 4.90 Å². The van der Waals surface area contributed by atoms with Crippen molar-refractivity contribution in [3.63, 3.8) is 0 Å². The van der Waals surface area contributed by atoms with Crippen LogP contribution >= 0.6 is 0 Å². The smallest absolute Gasteiger partial charge is 0.250 e. The molecule has 6 rings (SSSR count). The molecule has 0 unspecified atom stereocenters. The number of fused-ring (bicyclic) bond motifs is 7. The van der Waals surface area contributed by atoms with Gasteiger partial charge in [0.25, 0.3) is 0 Å². The Hall–Kier alpha value is -3.39. The highest BCUT2D eigenvalue weighted by atomic mass is 19.1. The maximum absolute atomic E-state index is 14.3. The van der Waals surface area contributed by atoms with Gasteiger partial charge in [-0.3, -0.25) is 24.1 Å². The molecule has 32 heavy (non-hydrogen) atoms. The van der Waals surface area contributed by atoms with Crippen LogP contribution in [0.5, 0.6) is 0 Å². The molecule has 0 saturated carbocycles. The molecule has 4 atom stereocenters. The van der Waals surface area contributed by atoms with Crippen molar-refractivity contribution in [1.29, 1.82) is 0 Å². The van der Waals surface area contributed by atoms with Gasteiger partial charge in [-0.15, -0.1) is 0 Å². The monoisotopic (exact) mass is 433 g/mol. The van der Waals surface area contributed by atoms with Crippen molar-refractivity contribution in [1.82, 2.24) is 4.90 Å². The van der Waals surface area contributed by atoms with E-state index in [0.29, 0.717) is 35.5 Å². The van der Waals surface area contributed by atoms with Gasteiger partial charge in [-0.1, -0.05) is 0 Å². The van der Waals surface area contributed by atoms with Gasteiger partial charge in [-0.05, 0) is 68.8 Å². The number of hydrogen-bond acceptors (Lipinski definition) is 5. The minimum atomic E-state index is -1.40. The minimum absolute atomic E-state index is 0.116. The highest BCUT2D eigenvalue weighted by Gasteiger charge is 2.74. The summed E-state index contributed by atoms with van der Waals surface area (Å²) >= 11 is 0. The fourth-order valence-corrected chi connectivity index (χ4v) is 6.27. The number of benzene rings is 2. The summed E-state index contributed by atoms with van der Waals surface area (Å²) in [6.07, 6.45) is 1.49. The van der Waals surface area contributed by atoms with Crippen molar-refractivity contribution in [2.24, 2.45) is 11.8 Å². The lowest BCUT2D eigenvalue weighted by Crippen LogP contribution is -2.54. The van der Waals surface area contributed by atoms with Gasteiger partial charge in [0.2, 0.25) is 17.7 Å². The minimum Gasteiger partial charge on any atom is -0.324 e. The van der Waals surface area contributed by atoms with Crippen LogP contribution in [0.15, 0.2) is 42.5 Å². The molecular weight excluding hydrogens is 413 g/mol. The van der Waals surface area contributed by atoms with E-state index in [-0.39, 0.29) is 23.6 Å². The maximum atomic E-state index is 14.3. The van der Waals surface area contributed by atoms with Gasteiger partial charge in [0.1, 0.15) is 11.4 Å². The zero-order valence-corrected chi connectivity index (χ0v) is 17.3. The van der Waals surface area contributed by atoms with Crippen LogP contribution in [0.2, 0.25) is 0 Å². The van der Waals surface area contributed by atoms with E-state index >= 15 is 0 Å². The number of halogens is 1.